The van der Waals surface area contributed by atoms with Crippen LogP contribution in [0.5, 0.6) is 0 Å². The van der Waals surface area contributed by atoms with Gasteiger partial charge in [0, 0.05) is 31.4 Å². The van der Waals surface area contributed by atoms with Crippen molar-refractivity contribution in [1.82, 2.24) is 9.62 Å². The second-order valence-electron chi connectivity index (χ2n) is 4.49. The van der Waals surface area contributed by atoms with Crippen molar-refractivity contribution in [3.8, 4) is 0 Å². The molecule has 21 heavy (non-hydrogen) atoms. The Morgan fingerprint density at radius 2 is 1.76 bits per heavy atom. The van der Waals surface area contributed by atoms with Crippen LogP contribution < -0.4 is 4.72 Å². The minimum Gasteiger partial charge on any atom is -0.343 e. The van der Waals surface area contributed by atoms with Gasteiger partial charge in [-0.3, -0.25) is 4.79 Å². The fraction of sp³-hybridized carbons (Fsp3) is 0.500. The molecule has 0 atom stereocenters. The summed E-state index contributed by atoms with van der Waals surface area (Å²) in [6, 6.07) is 6.63. The van der Waals surface area contributed by atoms with E-state index < -0.39 is 10.0 Å². The van der Waals surface area contributed by atoms with Gasteiger partial charge < -0.3 is 4.90 Å². The van der Waals surface area contributed by atoms with Crippen molar-refractivity contribution in [2.45, 2.75) is 30.5 Å². The van der Waals surface area contributed by atoms with Gasteiger partial charge in [-0.1, -0.05) is 28.1 Å². The van der Waals surface area contributed by atoms with Crippen molar-refractivity contribution in [3.05, 3.63) is 29.8 Å². The lowest BCUT2D eigenvalue weighted by atomic mass is 10.2. The van der Waals surface area contributed by atoms with Crippen molar-refractivity contribution in [1.29, 1.82) is 0 Å². The van der Waals surface area contributed by atoms with E-state index in [2.05, 4.69) is 20.7 Å². The molecule has 0 saturated carbocycles. The first kappa shape index (κ1) is 18.1. The molecule has 5 nitrogen and oxygen atoms in total. The smallest absolute Gasteiger partial charge is 0.240 e. The lowest BCUT2D eigenvalue weighted by molar-refractivity contribution is -0.130. The molecule has 1 amide bonds. The van der Waals surface area contributed by atoms with Crippen LogP contribution in [-0.4, -0.2) is 38.9 Å². The molecule has 1 rings (SSSR count). The number of sulfonamides is 1. The topological polar surface area (TPSA) is 66.5 Å². The quantitative estimate of drug-likeness (QED) is 0.706. The number of alkyl halides is 1. The molecule has 1 aromatic rings. The first-order chi connectivity index (χ1) is 9.94. The maximum Gasteiger partial charge on any atom is 0.240 e. The molecule has 0 aromatic heterocycles. The van der Waals surface area contributed by atoms with Gasteiger partial charge in [-0.15, -0.1) is 0 Å². The molecular weight excluding hydrogens is 356 g/mol. The van der Waals surface area contributed by atoms with E-state index in [0.29, 0.717) is 18.4 Å². The Morgan fingerprint density at radius 3 is 2.24 bits per heavy atom. The van der Waals surface area contributed by atoms with Gasteiger partial charge in [0.1, 0.15) is 0 Å². The monoisotopic (exact) mass is 376 g/mol. The zero-order valence-corrected chi connectivity index (χ0v) is 14.7. The predicted molar refractivity (Wildman–Crippen MR) is 86.8 cm³/mol. The molecule has 0 aliphatic heterocycles. The summed E-state index contributed by atoms with van der Waals surface area (Å²) in [5, 5.41) is 0.680. The van der Waals surface area contributed by atoms with Gasteiger partial charge in [0.15, 0.2) is 0 Å². The Morgan fingerprint density at radius 1 is 1.19 bits per heavy atom. The van der Waals surface area contributed by atoms with E-state index in [0.717, 1.165) is 5.56 Å². The molecule has 7 heteroatoms. The Labute approximate surface area is 134 Å². The summed E-state index contributed by atoms with van der Waals surface area (Å²) in [6.07, 6.45) is 0.167. The van der Waals surface area contributed by atoms with Crippen LogP contribution in [0.25, 0.3) is 0 Å². The number of hydrogen-bond donors (Lipinski definition) is 1. The highest BCUT2D eigenvalue weighted by atomic mass is 79.9. The van der Waals surface area contributed by atoms with Crippen molar-refractivity contribution in [3.63, 3.8) is 0 Å². The third kappa shape index (κ3) is 5.41. The fourth-order valence-corrected chi connectivity index (χ4v) is 3.27. The Bertz CT molecular complexity index is 554. The number of halogens is 1. The molecule has 0 heterocycles. The number of carbonyl (C=O) groups is 1. The Hall–Kier alpha value is -0.920. The minimum atomic E-state index is -3.56. The number of rotatable bonds is 8. The van der Waals surface area contributed by atoms with Gasteiger partial charge >= 0.3 is 0 Å². The highest BCUT2D eigenvalue weighted by Crippen LogP contribution is 2.12. The average molecular weight is 377 g/mol. The molecule has 0 saturated heterocycles. The SMILES string of the molecule is CCN(CC)C(=O)CCNS(=O)(=O)c1ccc(CBr)cc1. The van der Waals surface area contributed by atoms with E-state index >= 15 is 0 Å². The Balaban J connectivity index is 2.58. The minimum absolute atomic E-state index is 0.0441. The van der Waals surface area contributed by atoms with Gasteiger partial charge in [0.2, 0.25) is 15.9 Å². The van der Waals surface area contributed by atoms with Crippen LogP contribution in [0.2, 0.25) is 0 Å². The number of benzene rings is 1. The standard InChI is InChI=1S/C14H21BrN2O3S/c1-3-17(4-2)14(18)9-10-16-21(19,20)13-7-5-12(11-15)6-8-13/h5-8,16H,3-4,9-11H2,1-2H3. The fourth-order valence-electron chi connectivity index (χ4n) is 1.87. The average Bonchev–Trinajstić information content (AvgIpc) is 2.48. The molecule has 0 unspecified atom stereocenters. The maximum absolute atomic E-state index is 12.1. The van der Waals surface area contributed by atoms with E-state index in [4.69, 9.17) is 0 Å². The van der Waals surface area contributed by atoms with Crippen LogP contribution in [0.1, 0.15) is 25.8 Å². The molecule has 0 fully saturated rings. The molecule has 0 aliphatic carbocycles. The highest BCUT2D eigenvalue weighted by molar-refractivity contribution is 9.08. The van der Waals surface area contributed by atoms with Crippen LogP contribution in [-0.2, 0) is 20.1 Å². The van der Waals surface area contributed by atoms with E-state index in [-0.39, 0.29) is 23.8 Å². The van der Waals surface area contributed by atoms with Gasteiger partial charge in [-0.25, -0.2) is 13.1 Å². The summed E-state index contributed by atoms with van der Waals surface area (Å²) in [5.41, 5.74) is 1.01. The van der Waals surface area contributed by atoms with E-state index in [1.54, 1.807) is 29.2 Å². The van der Waals surface area contributed by atoms with Crippen LogP contribution in [0, 0.1) is 0 Å². The van der Waals surface area contributed by atoms with Gasteiger partial charge in [-0.05, 0) is 31.5 Å². The second kappa shape index (κ2) is 8.51. The molecule has 1 aromatic carbocycles. The van der Waals surface area contributed by atoms with Crippen molar-refractivity contribution < 1.29 is 13.2 Å². The van der Waals surface area contributed by atoms with Gasteiger partial charge in [-0.2, -0.15) is 0 Å². The summed E-state index contributed by atoms with van der Waals surface area (Å²) in [5.74, 6) is -0.0441. The molecule has 0 spiro atoms. The first-order valence-corrected chi connectivity index (χ1v) is 9.47. The van der Waals surface area contributed by atoms with E-state index in [1.807, 2.05) is 13.8 Å². The van der Waals surface area contributed by atoms with Crippen molar-refractivity contribution in [2.75, 3.05) is 19.6 Å². The van der Waals surface area contributed by atoms with Gasteiger partial charge in [0.25, 0.3) is 0 Å². The number of nitrogens with zero attached hydrogens (tertiary/aromatic N) is 1. The third-order valence-electron chi connectivity index (χ3n) is 3.14. The van der Waals surface area contributed by atoms with Crippen LogP contribution in [0.15, 0.2) is 29.2 Å². The summed E-state index contributed by atoms with van der Waals surface area (Å²) >= 11 is 3.31. The summed E-state index contributed by atoms with van der Waals surface area (Å²) in [6.45, 7) is 5.18. The van der Waals surface area contributed by atoms with Crippen LogP contribution in [0.4, 0.5) is 0 Å². The third-order valence-corrected chi connectivity index (χ3v) is 5.26. The van der Waals surface area contributed by atoms with E-state index in [1.165, 1.54) is 0 Å². The van der Waals surface area contributed by atoms with Gasteiger partial charge in [0.05, 0.1) is 4.90 Å². The maximum atomic E-state index is 12.1. The molecule has 1 N–H and O–H groups in total. The molecule has 0 bridgehead atoms. The lowest BCUT2D eigenvalue weighted by Gasteiger charge is -2.18. The normalized spacial score (nSPS) is 11.4. The van der Waals surface area contributed by atoms with Crippen molar-refractivity contribution >= 4 is 31.9 Å². The number of amides is 1. The first-order valence-electron chi connectivity index (χ1n) is 6.87. The Kier molecular flexibility index (Phi) is 7.34. The molecule has 0 radical (unpaired) electrons. The number of nitrogens with one attached hydrogen (secondary N) is 1. The zero-order valence-electron chi connectivity index (χ0n) is 12.3. The number of hydrogen-bond acceptors (Lipinski definition) is 3. The largest absolute Gasteiger partial charge is 0.343 e. The second-order valence-corrected chi connectivity index (χ2v) is 6.82. The predicted octanol–water partition coefficient (Wildman–Crippen LogP) is 2.12. The van der Waals surface area contributed by atoms with E-state index in [9.17, 15) is 13.2 Å². The highest BCUT2D eigenvalue weighted by Gasteiger charge is 2.15. The molecule has 118 valence electrons. The lowest BCUT2D eigenvalue weighted by Crippen LogP contribution is -2.34. The molecule has 0 aliphatic rings. The summed E-state index contributed by atoms with van der Waals surface area (Å²) in [4.78, 5) is 13.7. The summed E-state index contributed by atoms with van der Waals surface area (Å²) < 4.78 is 26.6. The van der Waals surface area contributed by atoms with Crippen LogP contribution >= 0.6 is 15.9 Å². The molecular formula is C14H21BrN2O3S. The summed E-state index contributed by atoms with van der Waals surface area (Å²) in [7, 11) is -3.56. The van der Waals surface area contributed by atoms with Crippen molar-refractivity contribution in [2.24, 2.45) is 0 Å². The number of carbonyl (C=O) groups excluding carboxylic acids is 1. The van der Waals surface area contributed by atoms with Crippen LogP contribution in [0.3, 0.4) is 0 Å². The zero-order chi connectivity index (χ0) is 15.9.